The van der Waals surface area contributed by atoms with Gasteiger partial charge in [-0.2, -0.15) is 0 Å². The summed E-state index contributed by atoms with van der Waals surface area (Å²) in [6.07, 6.45) is 0. The second kappa shape index (κ2) is 5.62. The second-order valence-electron chi connectivity index (χ2n) is 3.30. The number of nitrogens with one attached hydrogen (secondary N) is 1. The van der Waals surface area contributed by atoms with E-state index in [9.17, 15) is 10.4 Å². The van der Waals surface area contributed by atoms with Crippen LogP contribution in [-0.4, -0.2) is 33.1 Å². The Morgan fingerprint density at radius 2 is 1.68 bits per heavy atom. The minimum atomic E-state index is -2.60. The fraction of sp³-hybridized carbons (Fsp3) is 0.222. The molecule has 0 bridgehead atoms. The summed E-state index contributed by atoms with van der Waals surface area (Å²) in [4.78, 5) is -0.998. The fourth-order valence-electron chi connectivity index (χ4n) is 1.54. The van der Waals surface area contributed by atoms with Gasteiger partial charge in [-0.3, -0.25) is 5.41 Å². The largest absolute Gasteiger partial charge is 0.591 e. The van der Waals surface area contributed by atoms with Crippen molar-refractivity contribution in [1.82, 2.24) is 0 Å². The van der Waals surface area contributed by atoms with Crippen LogP contribution in [0.25, 0.3) is 0 Å². The van der Waals surface area contributed by atoms with Crippen LogP contribution in [0, 0.1) is 15.8 Å². The molecule has 0 spiro atoms. The van der Waals surface area contributed by atoms with Crippen molar-refractivity contribution in [3.63, 3.8) is 0 Å². The van der Waals surface area contributed by atoms with Crippen molar-refractivity contribution in [2.75, 3.05) is 7.11 Å². The molecule has 0 amide bonds. The van der Waals surface area contributed by atoms with Gasteiger partial charge in [-0.15, -0.1) is 0 Å². The number of hydrogen-bond donors (Lipinski definition) is 3. The lowest BCUT2D eigenvalue weighted by molar-refractivity contribution is -0.838. The van der Waals surface area contributed by atoms with Gasteiger partial charge < -0.3 is 25.6 Å². The Morgan fingerprint density at radius 1 is 1.21 bits per heavy atom. The second-order valence-corrected chi connectivity index (χ2v) is 3.30. The summed E-state index contributed by atoms with van der Waals surface area (Å²) < 4.78 is 4.57. The van der Waals surface area contributed by atoms with Gasteiger partial charge in [-0.1, -0.05) is 18.2 Å². The SMILES string of the molecule is COC(=N)C(c1ccccc1)(/[N+]([O-])=N/O)/[N+]([O-])=N/O. The van der Waals surface area contributed by atoms with Gasteiger partial charge in [-0.25, -0.2) is 0 Å². The average molecular weight is 269 g/mol. The standard InChI is InChI=1S/C9H11N5O5/c1-19-8(10)9(13(17)11-15,14(18)12-16)7-5-3-2-4-6-7/h2-6,10,15-16H,1H3/b10-8?,13-11-,14-12-. The van der Waals surface area contributed by atoms with E-state index >= 15 is 0 Å². The third kappa shape index (κ3) is 2.10. The van der Waals surface area contributed by atoms with Gasteiger partial charge in [0.05, 0.1) is 7.11 Å². The van der Waals surface area contributed by atoms with Crippen LogP contribution in [0.15, 0.2) is 40.9 Å². The van der Waals surface area contributed by atoms with Crippen LogP contribution in [0.4, 0.5) is 0 Å². The first-order valence-corrected chi connectivity index (χ1v) is 4.89. The molecule has 0 heterocycles. The third-order valence-electron chi connectivity index (χ3n) is 2.41. The molecule has 0 saturated heterocycles. The molecule has 0 aromatic heterocycles. The van der Waals surface area contributed by atoms with E-state index in [1.54, 1.807) is 6.07 Å². The predicted molar refractivity (Wildman–Crippen MR) is 58.5 cm³/mol. The molecule has 19 heavy (non-hydrogen) atoms. The highest BCUT2D eigenvalue weighted by Gasteiger charge is 2.62. The third-order valence-corrected chi connectivity index (χ3v) is 2.41. The minimum absolute atomic E-state index is 0.0811. The normalized spacial score (nSPS) is 13.1. The van der Waals surface area contributed by atoms with E-state index in [2.05, 4.69) is 15.3 Å². The quantitative estimate of drug-likeness (QED) is 0.187. The highest BCUT2D eigenvalue weighted by atomic mass is 16.6. The molecular formula is C9H11N5O5. The number of methoxy groups -OCH3 is 1. The van der Waals surface area contributed by atoms with Crippen LogP contribution in [0.2, 0.25) is 0 Å². The lowest BCUT2D eigenvalue weighted by Crippen LogP contribution is -2.51. The van der Waals surface area contributed by atoms with Crippen molar-refractivity contribution in [3.8, 4) is 0 Å². The van der Waals surface area contributed by atoms with Crippen LogP contribution in [-0.2, 0) is 10.4 Å². The molecule has 1 rings (SSSR count). The zero-order chi connectivity index (χ0) is 14.5. The number of nitrogens with zero attached hydrogens (tertiary/aromatic N) is 4. The van der Waals surface area contributed by atoms with Gasteiger partial charge >= 0.3 is 11.6 Å². The van der Waals surface area contributed by atoms with Crippen LogP contribution in [0.3, 0.4) is 0 Å². The average Bonchev–Trinajstić information content (AvgIpc) is 2.47. The van der Waals surface area contributed by atoms with E-state index in [4.69, 9.17) is 15.8 Å². The van der Waals surface area contributed by atoms with Crippen molar-refractivity contribution in [2.45, 2.75) is 5.66 Å². The molecule has 102 valence electrons. The summed E-state index contributed by atoms with van der Waals surface area (Å²) in [5, 5.41) is 52.9. The number of benzene rings is 1. The lowest BCUT2D eigenvalue weighted by Gasteiger charge is -2.22. The smallest absolute Gasteiger partial charge is 0.526 e. The molecule has 0 atom stereocenters. The Morgan fingerprint density at radius 3 is 2.05 bits per heavy atom. The van der Waals surface area contributed by atoms with E-state index in [-0.39, 0.29) is 5.56 Å². The van der Waals surface area contributed by atoms with Crippen molar-refractivity contribution < 1.29 is 24.9 Å². The van der Waals surface area contributed by atoms with Crippen LogP contribution < -0.4 is 0 Å². The van der Waals surface area contributed by atoms with Crippen molar-refractivity contribution >= 4 is 5.90 Å². The van der Waals surface area contributed by atoms with Gasteiger partial charge in [0, 0.05) is 9.72 Å². The fourth-order valence-corrected chi connectivity index (χ4v) is 1.54. The summed E-state index contributed by atoms with van der Waals surface area (Å²) in [5.74, 6) is -0.890. The first-order chi connectivity index (χ1) is 9.05. The maximum Gasteiger partial charge on any atom is 0.526 e. The Bertz CT molecular complexity index is 497. The maximum atomic E-state index is 11.7. The molecule has 0 aliphatic rings. The first-order valence-electron chi connectivity index (χ1n) is 4.89. The molecular weight excluding hydrogens is 258 g/mol. The minimum Gasteiger partial charge on any atom is -0.591 e. The summed E-state index contributed by atoms with van der Waals surface area (Å²) in [5.41, 5.74) is -2.68. The van der Waals surface area contributed by atoms with Gasteiger partial charge in [0.1, 0.15) is 5.56 Å². The Balaban J connectivity index is 3.68. The monoisotopic (exact) mass is 269 g/mol. The molecule has 0 radical (unpaired) electrons. The van der Waals surface area contributed by atoms with E-state index in [1.165, 1.54) is 24.3 Å². The number of ether oxygens (including phenoxy) is 1. The topological polar surface area (TPSA) is 150 Å². The Kier molecular flexibility index (Phi) is 4.19. The van der Waals surface area contributed by atoms with E-state index in [0.29, 0.717) is 0 Å². The molecule has 10 nitrogen and oxygen atoms in total. The highest BCUT2D eigenvalue weighted by molar-refractivity contribution is 5.81. The number of hydroxylamine groups is 2. The van der Waals surface area contributed by atoms with Crippen molar-refractivity contribution in [2.24, 2.45) is 10.6 Å². The van der Waals surface area contributed by atoms with Gasteiger partial charge in [0.2, 0.25) is 10.6 Å². The molecule has 0 saturated carbocycles. The van der Waals surface area contributed by atoms with E-state index in [0.717, 1.165) is 7.11 Å². The summed E-state index contributed by atoms with van der Waals surface area (Å²) in [7, 11) is 1.04. The molecule has 0 fully saturated rings. The molecule has 0 aliphatic heterocycles. The highest BCUT2D eigenvalue weighted by Crippen LogP contribution is 2.28. The van der Waals surface area contributed by atoms with Crippen molar-refractivity contribution in [3.05, 3.63) is 46.3 Å². The first kappa shape index (κ1) is 14.2. The van der Waals surface area contributed by atoms with Crippen LogP contribution >= 0.6 is 0 Å². The zero-order valence-electron chi connectivity index (χ0n) is 9.79. The molecule has 1 aromatic rings. The van der Waals surface area contributed by atoms with Crippen LogP contribution in [0.1, 0.15) is 5.56 Å². The molecule has 3 N–H and O–H groups in total. The number of hydrogen-bond acceptors (Lipinski definition) is 6. The van der Waals surface area contributed by atoms with Crippen molar-refractivity contribution in [1.29, 1.82) is 5.41 Å². The summed E-state index contributed by atoms with van der Waals surface area (Å²) in [6, 6.07) is 7.16. The summed E-state index contributed by atoms with van der Waals surface area (Å²) >= 11 is 0. The Labute approximate surface area is 107 Å². The number of rotatable bonds is 4. The van der Waals surface area contributed by atoms with Gasteiger partial charge in [0.25, 0.3) is 0 Å². The Hall–Kier alpha value is -2.91. The lowest BCUT2D eigenvalue weighted by atomic mass is 10.0. The van der Waals surface area contributed by atoms with Crippen LogP contribution in [0.5, 0.6) is 0 Å². The van der Waals surface area contributed by atoms with Gasteiger partial charge in [0.15, 0.2) is 0 Å². The van der Waals surface area contributed by atoms with Gasteiger partial charge in [-0.05, 0) is 12.1 Å². The molecule has 10 heteroatoms. The van der Waals surface area contributed by atoms with E-state index in [1.807, 2.05) is 0 Å². The van der Waals surface area contributed by atoms with E-state index < -0.39 is 21.3 Å². The molecule has 0 aliphatic carbocycles. The molecule has 1 aromatic carbocycles. The predicted octanol–water partition coefficient (Wildman–Crippen LogP) is 1.17. The molecule has 0 unspecified atom stereocenters. The maximum absolute atomic E-state index is 11.7. The summed E-state index contributed by atoms with van der Waals surface area (Å²) in [6.45, 7) is 0. The zero-order valence-corrected chi connectivity index (χ0v) is 9.79.